The van der Waals surface area contributed by atoms with Crippen LogP contribution in [0.3, 0.4) is 0 Å². The fraction of sp³-hybridized carbons (Fsp3) is 0.500. The Labute approximate surface area is 120 Å². The summed E-state index contributed by atoms with van der Waals surface area (Å²) in [5.74, 6) is -0.384. The van der Waals surface area contributed by atoms with Gasteiger partial charge in [-0.05, 0) is 31.4 Å². The number of piperidine rings is 1. The summed E-state index contributed by atoms with van der Waals surface area (Å²) in [7, 11) is -3.22. The molecule has 0 spiro atoms. The number of hydrogen-bond acceptors (Lipinski definition) is 3. The number of hydrogen-bond donors (Lipinski definition) is 1. The van der Waals surface area contributed by atoms with E-state index < -0.39 is 10.0 Å². The zero-order chi connectivity index (χ0) is 14.8. The second-order valence-corrected chi connectivity index (χ2v) is 7.25. The Balaban J connectivity index is 2.04. The number of amides is 1. The van der Waals surface area contributed by atoms with E-state index in [0.29, 0.717) is 6.54 Å². The summed E-state index contributed by atoms with van der Waals surface area (Å²) in [5, 5.41) is 2.89. The number of nitrogens with one attached hydrogen (secondary N) is 1. The largest absolute Gasteiger partial charge is 0.326 e. The topological polar surface area (TPSA) is 66.5 Å². The highest BCUT2D eigenvalue weighted by atomic mass is 32.2. The van der Waals surface area contributed by atoms with Gasteiger partial charge in [0.2, 0.25) is 15.9 Å². The Hall–Kier alpha value is -1.40. The molecule has 20 heavy (non-hydrogen) atoms. The maximum Gasteiger partial charge on any atom is 0.228 e. The van der Waals surface area contributed by atoms with E-state index in [9.17, 15) is 13.2 Å². The Kier molecular flexibility index (Phi) is 4.45. The molecule has 1 heterocycles. The summed E-state index contributed by atoms with van der Waals surface area (Å²) in [6.07, 6.45) is 2.64. The standard InChI is InChI=1S/C14H20N2O3S/c1-11-6-3-4-8-13(11)15-14(17)12-7-5-9-16(10-12)20(2,18)19/h3-4,6,8,12H,5,7,9-10H2,1-2H3,(H,15,17)/t12-/m0/s1. The Morgan fingerprint density at radius 1 is 1.35 bits per heavy atom. The van der Waals surface area contributed by atoms with Gasteiger partial charge in [0.1, 0.15) is 0 Å². The van der Waals surface area contributed by atoms with Crippen LogP contribution in [0.15, 0.2) is 24.3 Å². The van der Waals surface area contributed by atoms with Crippen LogP contribution in [0.25, 0.3) is 0 Å². The van der Waals surface area contributed by atoms with Crippen LogP contribution in [-0.2, 0) is 14.8 Å². The van der Waals surface area contributed by atoms with Crippen molar-refractivity contribution in [2.24, 2.45) is 5.92 Å². The second-order valence-electron chi connectivity index (χ2n) is 5.26. The first kappa shape index (κ1) is 15.0. The number of sulfonamides is 1. The summed E-state index contributed by atoms with van der Waals surface area (Å²) in [6, 6.07) is 7.56. The van der Waals surface area contributed by atoms with Crippen LogP contribution in [0.1, 0.15) is 18.4 Å². The van der Waals surface area contributed by atoms with Gasteiger partial charge in [0, 0.05) is 18.8 Å². The number of carbonyl (C=O) groups is 1. The molecule has 2 rings (SSSR count). The van der Waals surface area contributed by atoms with Gasteiger partial charge < -0.3 is 5.32 Å². The molecule has 0 aliphatic carbocycles. The van der Waals surface area contributed by atoms with Crippen LogP contribution in [0.2, 0.25) is 0 Å². The number of aryl methyl sites for hydroxylation is 1. The van der Waals surface area contributed by atoms with Gasteiger partial charge in [0.25, 0.3) is 0 Å². The molecule has 6 heteroatoms. The highest BCUT2D eigenvalue weighted by molar-refractivity contribution is 7.88. The van der Waals surface area contributed by atoms with Crippen molar-refractivity contribution in [1.82, 2.24) is 4.31 Å². The molecule has 0 saturated carbocycles. The van der Waals surface area contributed by atoms with Gasteiger partial charge in [-0.3, -0.25) is 4.79 Å². The summed E-state index contributed by atoms with van der Waals surface area (Å²) >= 11 is 0. The molecule has 1 aliphatic rings. The van der Waals surface area contributed by atoms with Gasteiger partial charge in [0.05, 0.1) is 12.2 Å². The summed E-state index contributed by atoms with van der Waals surface area (Å²) in [5.41, 5.74) is 1.78. The molecule has 1 aromatic carbocycles. The minimum Gasteiger partial charge on any atom is -0.326 e. The van der Waals surface area contributed by atoms with E-state index in [1.165, 1.54) is 10.6 Å². The Morgan fingerprint density at radius 3 is 2.70 bits per heavy atom. The van der Waals surface area contributed by atoms with Crippen molar-refractivity contribution < 1.29 is 13.2 Å². The molecule has 110 valence electrons. The SMILES string of the molecule is Cc1ccccc1NC(=O)[C@H]1CCCN(S(C)(=O)=O)C1. The third kappa shape index (κ3) is 3.58. The van der Waals surface area contributed by atoms with Gasteiger partial charge in [0.15, 0.2) is 0 Å². The molecule has 0 bridgehead atoms. The summed E-state index contributed by atoms with van der Waals surface area (Å²) in [6.45, 7) is 2.71. The van der Waals surface area contributed by atoms with Crippen molar-refractivity contribution in [3.05, 3.63) is 29.8 Å². The average Bonchev–Trinajstić information content (AvgIpc) is 2.40. The monoisotopic (exact) mass is 296 g/mol. The number of benzene rings is 1. The molecule has 1 aliphatic heterocycles. The molecule has 0 radical (unpaired) electrons. The molecule has 0 unspecified atom stereocenters. The molecule has 1 saturated heterocycles. The summed E-state index contributed by atoms with van der Waals surface area (Å²) < 4.78 is 24.5. The minimum atomic E-state index is -3.22. The van der Waals surface area contributed by atoms with Crippen molar-refractivity contribution in [3.63, 3.8) is 0 Å². The number of carbonyl (C=O) groups excluding carboxylic acids is 1. The third-order valence-electron chi connectivity index (χ3n) is 3.63. The molecule has 1 amide bonds. The predicted octanol–water partition coefficient (Wildman–Crippen LogP) is 1.61. The predicted molar refractivity (Wildman–Crippen MR) is 78.9 cm³/mol. The molecule has 0 aromatic heterocycles. The highest BCUT2D eigenvalue weighted by Gasteiger charge is 2.30. The average molecular weight is 296 g/mol. The second kappa shape index (κ2) is 5.93. The lowest BCUT2D eigenvalue weighted by atomic mass is 9.98. The van der Waals surface area contributed by atoms with Crippen molar-refractivity contribution >= 4 is 21.6 Å². The lowest BCUT2D eigenvalue weighted by Crippen LogP contribution is -2.43. The van der Waals surface area contributed by atoms with E-state index in [4.69, 9.17) is 0 Å². The lowest BCUT2D eigenvalue weighted by molar-refractivity contribution is -0.120. The smallest absolute Gasteiger partial charge is 0.228 e. The first-order chi connectivity index (χ1) is 9.38. The van der Waals surface area contributed by atoms with Crippen LogP contribution in [0.4, 0.5) is 5.69 Å². The van der Waals surface area contributed by atoms with E-state index in [1.54, 1.807) is 0 Å². The first-order valence-electron chi connectivity index (χ1n) is 6.69. The number of nitrogens with zero attached hydrogens (tertiary/aromatic N) is 1. The minimum absolute atomic E-state index is 0.104. The number of rotatable bonds is 3. The van der Waals surface area contributed by atoms with Gasteiger partial charge in [-0.1, -0.05) is 18.2 Å². The van der Waals surface area contributed by atoms with Crippen LogP contribution < -0.4 is 5.32 Å². The van der Waals surface area contributed by atoms with Crippen molar-refractivity contribution in [3.8, 4) is 0 Å². The van der Waals surface area contributed by atoms with Crippen LogP contribution >= 0.6 is 0 Å². The van der Waals surface area contributed by atoms with E-state index in [1.807, 2.05) is 31.2 Å². The van der Waals surface area contributed by atoms with Crippen LogP contribution in [-0.4, -0.2) is 38.0 Å². The van der Waals surface area contributed by atoms with Crippen molar-refractivity contribution in [2.75, 3.05) is 24.7 Å². The van der Waals surface area contributed by atoms with Gasteiger partial charge in [-0.15, -0.1) is 0 Å². The van der Waals surface area contributed by atoms with Crippen LogP contribution in [0, 0.1) is 12.8 Å². The quantitative estimate of drug-likeness (QED) is 0.921. The van der Waals surface area contributed by atoms with Gasteiger partial charge in [-0.2, -0.15) is 0 Å². The van der Waals surface area contributed by atoms with E-state index >= 15 is 0 Å². The van der Waals surface area contributed by atoms with E-state index in [2.05, 4.69) is 5.32 Å². The fourth-order valence-corrected chi connectivity index (χ4v) is 3.32. The number of anilines is 1. The third-order valence-corrected chi connectivity index (χ3v) is 4.90. The zero-order valence-electron chi connectivity index (χ0n) is 11.8. The van der Waals surface area contributed by atoms with Crippen molar-refractivity contribution in [2.45, 2.75) is 19.8 Å². The highest BCUT2D eigenvalue weighted by Crippen LogP contribution is 2.21. The molecule has 1 fully saturated rings. The summed E-state index contributed by atoms with van der Waals surface area (Å²) in [4.78, 5) is 12.3. The van der Waals surface area contributed by atoms with Gasteiger partial charge in [-0.25, -0.2) is 12.7 Å². The normalized spacial score (nSPS) is 20.6. The maximum absolute atomic E-state index is 12.3. The molecule has 1 N–H and O–H groups in total. The molecular weight excluding hydrogens is 276 g/mol. The Bertz CT molecular complexity index is 598. The lowest BCUT2D eigenvalue weighted by Gasteiger charge is -2.30. The van der Waals surface area contributed by atoms with E-state index in [0.717, 1.165) is 24.1 Å². The zero-order valence-corrected chi connectivity index (χ0v) is 12.6. The Morgan fingerprint density at radius 2 is 2.05 bits per heavy atom. The molecule has 1 atom stereocenters. The molecule has 1 aromatic rings. The van der Waals surface area contributed by atoms with Crippen molar-refractivity contribution in [1.29, 1.82) is 0 Å². The van der Waals surface area contributed by atoms with Gasteiger partial charge >= 0.3 is 0 Å². The molecular formula is C14H20N2O3S. The van der Waals surface area contributed by atoms with E-state index in [-0.39, 0.29) is 18.4 Å². The fourth-order valence-electron chi connectivity index (χ4n) is 2.41. The number of para-hydroxylation sites is 1. The maximum atomic E-state index is 12.3. The molecule has 5 nitrogen and oxygen atoms in total. The first-order valence-corrected chi connectivity index (χ1v) is 8.54. The van der Waals surface area contributed by atoms with Crippen LogP contribution in [0.5, 0.6) is 0 Å².